The number of aryl methyl sites for hydroxylation is 1. The first-order chi connectivity index (χ1) is 9.18. The maximum Gasteiger partial charge on any atom is 0.230 e. The molecule has 106 valence electrons. The van der Waals surface area contributed by atoms with Gasteiger partial charge >= 0.3 is 0 Å². The second-order valence-electron chi connectivity index (χ2n) is 6.16. The molecule has 2 aliphatic rings. The summed E-state index contributed by atoms with van der Waals surface area (Å²) in [5, 5.41) is 8.11. The van der Waals surface area contributed by atoms with Gasteiger partial charge in [0.25, 0.3) is 0 Å². The number of aromatic nitrogens is 2. The van der Waals surface area contributed by atoms with E-state index in [-0.39, 0.29) is 0 Å². The van der Waals surface area contributed by atoms with Gasteiger partial charge in [0.2, 0.25) is 11.8 Å². The standard InChI is InChI=1S/C14H24N4O/c1-12-15-16-13(19-12)10-18-9-8-17(2)11-14(18)6-4-3-5-7-14/h3-11H2,1-2H3. The van der Waals surface area contributed by atoms with Gasteiger partial charge in [-0.2, -0.15) is 0 Å². The van der Waals surface area contributed by atoms with Crippen LogP contribution in [0.2, 0.25) is 0 Å². The first-order valence-electron chi connectivity index (χ1n) is 7.41. The molecule has 1 aromatic rings. The molecular weight excluding hydrogens is 240 g/mol. The minimum absolute atomic E-state index is 0.341. The Morgan fingerprint density at radius 2 is 1.95 bits per heavy atom. The van der Waals surface area contributed by atoms with Crippen LogP contribution < -0.4 is 0 Å². The Morgan fingerprint density at radius 3 is 2.63 bits per heavy atom. The number of rotatable bonds is 2. The van der Waals surface area contributed by atoms with Crippen molar-refractivity contribution in [3.8, 4) is 0 Å². The number of nitrogens with zero attached hydrogens (tertiary/aromatic N) is 4. The molecule has 0 atom stereocenters. The Balaban J connectivity index is 1.77. The van der Waals surface area contributed by atoms with Crippen molar-refractivity contribution in [2.24, 2.45) is 0 Å². The van der Waals surface area contributed by atoms with E-state index in [0.717, 1.165) is 25.5 Å². The summed E-state index contributed by atoms with van der Waals surface area (Å²) in [6, 6.07) is 0. The fourth-order valence-corrected chi connectivity index (χ4v) is 3.71. The minimum atomic E-state index is 0.341. The fraction of sp³-hybridized carbons (Fsp3) is 0.857. The molecular formula is C14H24N4O. The average molecular weight is 264 g/mol. The Hall–Kier alpha value is -0.940. The van der Waals surface area contributed by atoms with Crippen LogP contribution in [0.4, 0.5) is 0 Å². The monoisotopic (exact) mass is 264 g/mol. The van der Waals surface area contributed by atoms with Gasteiger partial charge in [0.15, 0.2) is 0 Å². The molecule has 5 nitrogen and oxygen atoms in total. The summed E-state index contributed by atoms with van der Waals surface area (Å²) in [6.07, 6.45) is 6.72. The Bertz CT molecular complexity index is 425. The summed E-state index contributed by atoms with van der Waals surface area (Å²) in [4.78, 5) is 5.07. The smallest absolute Gasteiger partial charge is 0.230 e. The van der Waals surface area contributed by atoms with Crippen LogP contribution in [-0.4, -0.2) is 52.2 Å². The van der Waals surface area contributed by atoms with Crippen molar-refractivity contribution in [3.05, 3.63) is 11.8 Å². The third-order valence-electron chi connectivity index (χ3n) is 4.66. The third kappa shape index (κ3) is 2.67. The van der Waals surface area contributed by atoms with Crippen molar-refractivity contribution in [3.63, 3.8) is 0 Å². The molecule has 1 saturated heterocycles. The van der Waals surface area contributed by atoms with Gasteiger partial charge in [-0.05, 0) is 19.9 Å². The highest BCUT2D eigenvalue weighted by molar-refractivity contribution is 4.99. The maximum atomic E-state index is 5.57. The quantitative estimate of drug-likeness (QED) is 0.815. The maximum absolute atomic E-state index is 5.57. The molecule has 0 aromatic carbocycles. The highest BCUT2D eigenvalue weighted by Crippen LogP contribution is 2.37. The summed E-state index contributed by atoms with van der Waals surface area (Å²) < 4.78 is 5.57. The van der Waals surface area contributed by atoms with Crippen molar-refractivity contribution >= 4 is 0 Å². The molecule has 2 fully saturated rings. The SMILES string of the molecule is Cc1nnc(CN2CCN(C)CC23CCCCC3)o1. The van der Waals surface area contributed by atoms with Gasteiger partial charge in [-0.25, -0.2) is 0 Å². The lowest BCUT2D eigenvalue weighted by Crippen LogP contribution is -2.61. The second kappa shape index (κ2) is 5.21. The largest absolute Gasteiger partial charge is 0.424 e. The molecule has 0 bridgehead atoms. The van der Waals surface area contributed by atoms with Gasteiger partial charge in [0.1, 0.15) is 0 Å². The lowest BCUT2D eigenvalue weighted by atomic mass is 9.78. The van der Waals surface area contributed by atoms with E-state index < -0.39 is 0 Å². The van der Waals surface area contributed by atoms with Crippen LogP contribution in [0.3, 0.4) is 0 Å². The fourth-order valence-electron chi connectivity index (χ4n) is 3.71. The predicted molar refractivity (Wildman–Crippen MR) is 72.8 cm³/mol. The van der Waals surface area contributed by atoms with Gasteiger partial charge in [-0.3, -0.25) is 4.90 Å². The molecule has 1 aliphatic heterocycles. The zero-order valence-corrected chi connectivity index (χ0v) is 12.1. The zero-order chi connectivity index (χ0) is 13.3. The van der Waals surface area contributed by atoms with Crippen molar-refractivity contribution in [2.75, 3.05) is 26.7 Å². The lowest BCUT2D eigenvalue weighted by Gasteiger charge is -2.51. The summed E-state index contributed by atoms with van der Waals surface area (Å²) in [5.41, 5.74) is 0.341. The van der Waals surface area contributed by atoms with Crippen LogP contribution in [0, 0.1) is 6.92 Å². The summed E-state index contributed by atoms with van der Waals surface area (Å²) >= 11 is 0. The number of hydrogen-bond donors (Lipinski definition) is 0. The molecule has 5 heteroatoms. The van der Waals surface area contributed by atoms with E-state index in [1.807, 2.05) is 6.92 Å². The highest BCUT2D eigenvalue weighted by Gasteiger charge is 2.41. The Morgan fingerprint density at radius 1 is 1.16 bits per heavy atom. The molecule has 1 spiro atoms. The molecule has 0 unspecified atom stereocenters. The normalized spacial score (nSPS) is 24.9. The topological polar surface area (TPSA) is 45.4 Å². The number of piperazine rings is 1. The van der Waals surface area contributed by atoms with E-state index in [4.69, 9.17) is 4.42 Å². The molecule has 1 saturated carbocycles. The van der Waals surface area contributed by atoms with Crippen LogP contribution in [0.5, 0.6) is 0 Å². The number of likely N-dealkylation sites (N-methyl/N-ethyl adjacent to an activating group) is 1. The van der Waals surface area contributed by atoms with E-state index in [2.05, 4.69) is 27.0 Å². The van der Waals surface area contributed by atoms with Crippen LogP contribution in [0.1, 0.15) is 43.9 Å². The van der Waals surface area contributed by atoms with Crippen LogP contribution >= 0.6 is 0 Å². The molecule has 0 amide bonds. The van der Waals surface area contributed by atoms with E-state index in [9.17, 15) is 0 Å². The van der Waals surface area contributed by atoms with Crippen molar-refractivity contribution < 1.29 is 4.42 Å². The Labute approximate surface area is 115 Å². The van der Waals surface area contributed by atoms with Gasteiger partial charge in [0.05, 0.1) is 6.54 Å². The summed E-state index contributed by atoms with van der Waals surface area (Å²) in [6.45, 7) is 6.10. The van der Waals surface area contributed by atoms with Gasteiger partial charge < -0.3 is 9.32 Å². The second-order valence-corrected chi connectivity index (χ2v) is 6.16. The average Bonchev–Trinajstić information content (AvgIpc) is 2.80. The molecule has 2 heterocycles. The summed E-state index contributed by atoms with van der Waals surface area (Å²) in [5.74, 6) is 1.44. The van der Waals surface area contributed by atoms with Gasteiger partial charge in [0, 0.05) is 32.1 Å². The van der Waals surface area contributed by atoms with Crippen molar-refractivity contribution in [1.82, 2.24) is 20.0 Å². The first-order valence-corrected chi connectivity index (χ1v) is 7.41. The van der Waals surface area contributed by atoms with Crippen LogP contribution in [0.25, 0.3) is 0 Å². The van der Waals surface area contributed by atoms with E-state index >= 15 is 0 Å². The predicted octanol–water partition coefficient (Wildman–Crippen LogP) is 1.83. The molecule has 1 aromatic heterocycles. The van der Waals surface area contributed by atoms with Crippen molar-refractivity contribution in [2.45, 2.75) is 51.1 Å². The third-order valence-corrected chi connectivity index (χ3v) is 4.66. The van der Waals surface area contributed by atoms with Crippen LogP contribution in [-0.2, 0) is 6.54 Å². The number of hydrogen-bond acceptors (Lipinski definition) is 5. The van der Waals surface area contributed by atoms with Gasteiger partial charge in [-0.15, -0.1) is 10.2 Å². The van der Waals surface area contributed by atoms with Crippen LogP contribution in [0.15, 0.2) is 4.42 Å². The highest BCUT2D eigenvalue weighted by atomic mass is 16.4. The first kappa shape index (κ1) is 13.1. The summed E-state index contributed by atoms with van der Waals surface area (Å²) in [7, 11) is 2.24. The van der Waals surface area contributed by atoms with E-state index in [1.165, 1.54) is 38.6 Å². The molecule has 0 N–H and O–H groups in total. The zero-order valence-electron chi connectivity index (χ0n) is 12.1. The minimum Gasteiger partial charge on any atom is -0.424 e. The molecule has 0 radical (unpaired) electrons. The Kier molecular flexibility index (Phi) is 3.58. The van der Waals surface area contributed by atoms with Crippen molar-refractivity contribution in [1.29, 1.82) is 0 Å². The molecule has 19 heavy (non-hydrogen) atoms. The molecule has 3 rings (SSSR count). The van der Waals surface area contributed by atoms with E-state index in [0.29, 0.717) is 11.4 Å². The lowest BCUT2D eigenvalue weighted by molar-refractivity contribution is -0.0284. The molecule has 1 aliphatic carbocycles. The van der Waals surface area contributed by atoms with Gasteiger partial charge in [-0.1, -0.05) is 19.3 Å². The van der Waals surface area contributed by atoms with E-state index in [1.54, 1.807) is 0 Å².